The highest BCUT2D eigenvalue weighted by Gasteiger charge is 2.40. The van der Waals surface area contributed by atoms with Gasteiger partial charge in [-0.25, -0.2) is 0 Å². The molecule has 2 N–H and O–H groups in total. The van der Waals surface area contributed by atoms with Crippen LogP contribution >= 0.6 is 11.6 Å². The van der Waals surface area contributed by atoms with Gasteiger partial charge in [0.05, 0.1) is 23.9 Å². The predicted octanol–water partition coefficient (Wildman–Crippen LogP) is 2.85. The van der Waals surface area contributed by atoms with Crippen molar-refractivity contribution in [3.8, 4) is 0 Å². The van der Waals surface area contributed by atoms with Crippen LogP contribution in [0.4, 0.5) is 11.6 Å². The molecular formula is C14H17ClN4O2. The molecule has 1 unspecified atom stereocenters. The molecule has 7 heteroatoms. The van der Waals surface area contributed by atoms with Crippen molar-refractivity contribution in [3.63, 3.8) is 0 Å². The number of rotatable bonds is 5. The van der Waals surface area contributed by atoms with E-state index < -0.39 is 5.60 Å². The van der Waals surface area contributed by atoms with Crippen molar-refractivity contribution in [2.24, 2.45) is 0 Å². The zero-order valence-corrected chi connectivity index (χ0v) is 12.5. The number of anilines is 2. The van der Waals surface area contributed by atoms with Gasteiger partial charge in [-0.15, -0.1) is 5.10 Å². The summed E-state index contributed by atoms with van der Waals surface area (Å²) in [7, 11) is 0. The molecule has 1 saturated heterocycles. The van der Waals surface area contributed by atoms with Crippen molar-refractivity contribution in [1.82, 2.24) is 15.2 Å². The minimum Gasteiger partial charge on any atom is -0.378 e. The summed E-state index contributed by atoms with van der Waals surface area (Å²) in [5, 5.41) is 10.8. The quantitative estimate of drug-likeness (QED) is 0.888. The molecule has 112 valence electrons. The van der Waals surface area contributed by atoms with Gasteiger partial charge in [0.15, 0.2) is 11.4 Å². The first-order valence-corrected chi connectivity index (χ1v) is 7.27. The lowest BCUT2D eigenvalue weighted by Gasteiger charge is -2.24. The molecule has 3 rings (SSSR count). The first-order valence-electron chi connectivity index (χ1n) is 6.90. The van der Waals surface area contributed by atoms with E-state index in [1.54, 1.807) is 0 Å². The number of aromatic nitrogens is 3. The number of nitrogens with zero attached hydrogens (tertiary/aromatic N) is 2. The Morgan fingerprint density at radius 3 is 3.05 bits per heavy atom. The monoisotopic (exact) mass is 308 g/mol. The molecule has 2 aromatic rings. The summed E-state index contributed by atoms with van der Waals surface area (Å²) in [5.74, 6) is 1.14. The molecule has 1 aliphatic rings. The number of para-hydroxylation sites is 1. The third-order valence-electron chi connectivity index (χ3n) is 3.44. The molecule has 0 spiro atoms. The lowest BCUT2D eigenvalue weighted by atomic mass is 10.0. The average molecular weight is 309 g/mol. The van der Waals surface area contributed by atoms with Crippen LogP contribution in [0.5, 0.6) is 0 Å². The summed E-state index contributed by atoms with van der Waals surface area (Å²) < 4.78 is 11.3. The number of halogens is 1. The third-order valence-corrected chi connectivity index (χ3v) is 3.77. The minimum absolute atomic E-state index is 0.462. The van der Waals surface area contributed by atoms with Crippen LogP contribution in [0.25, 0.3) is 0 Å². The average Bonchev–Trinajstić information content (AvgIpc) is 3.12. The number of ether oxygens (including phenoxy) is 2. The Labute approximate surface area is 127 Å². The molecule has 1 aliphatic heterocycles. The second-order valence-electron chi connectivity index (χ2n) is 4.84. The largest absolute Gasteiger partial charge is 0.378 e. The lowest BCUT2D eigenvalue weighted by molar-refractivity contribution is -0.0542. The van der Waals surface area contributed by atoms with Crippen LogP contribution < -0.4 is 5.32 Å². The van der Waals surface area contributed by atoms with E-state index in [0.29, 0.717) is 36.6 Å². The fraction of sp³-hybridized carbons (Fsp3) is 0.429. The second kappa shape index (κ2) is 6.01. The normalized spacial score (nSPS) is 21.6. The van der Waals surface area contributed by atoms with E-state index in [9.17, 15) is 0 Å². The first-order chi connectivity index (χ1) is 10.2. The molecule has 0 aliphatic carbocycles. The summed E-state index contributed by atoms with van der Waals surface area (Å²) in [6, 6.07) is 7.45. The van der Waals surface area contributed by atoms with E-state index in [1.165, 1.54) is 0 Å². The van der Waals surface area contributed by atoms with E-state index in [1.807, 2.05) is 31.2 Å². The van der Waals surface area contributed by atoms with Gasteiger partial charge < -0.3 is 14.8 Å². The second-order valence-corrected chi connectivity index (χ2v) is 5.25. The summed E-state index contributed by atoms with van der Waals surface area (Å²) in [4.78, 5) is 4.48. The van der Waals surface area contributed by atoms with E-state index in [2.05, 4.69) is 20.5 Å². The summed E-state index contributed by atoms with van der Waals surface area (Å²) in [6.07, 6.45) is 0.765. The third kappa shape index (κ3) is 2.88. The number of nitrogens with one attached hydrogen (secondary N) is 2. The van der Waals surface area contributed by atoms with Crippen molar-refractivity contribution in [1.29, 1.82) is 0 Å². The van der Waals surface area contributed by atoms with Crippen LogP contribution in [-0.2, 0) is 15.1 Å². The van der Waals surface area contributed by atoms with Gasteiger partial charge in [0, 0.05) is 13.0 Å². The predicted molar refractivity (Wildman–Crippen MR) is 79.9 cm³/mol. The van der Waals surface area contributed by atoms with E-state index in [0.717, 1.165) is 12.1 Å². The van der Waals surface area contributed by atoms with E-state index in [4.69, 9.17) is 21.1 Å². The highest BCUT2D eigenvalue weighted by molar-refractivity contribution is 6.33. The molecule has 0 saturated carbocycles. The standard InChI is InChI=1S/C14H17ClN4O2/c1-2-21-14(7-8-20-9-14)12-17-13(19-18-12)16-11-6-4-3-5-10(11)15/h3-6H,2,7-9H2,1H3,(H2,16,17,18,19). The maximum atomic E-state index is 6.11. The number of H-pyrrole nitrogens is 1. The van der Waals surface area contributed by atoms with Crippen LogP contribution in [0, 0.1) is 0 Å². The summed E-state index contributed by atoms with van der Waals surface area (Å²) in [6.45, 7) is 3.70. The number of aromatic amines is 1. The van der Waals surface area contributed by atoms with Crippen LogP contribution in [0.1, 0.15) is 19.2 Å². The van der Waals surface area contributed by atoms with Gasteiger partial charge in [-0.2, -0.15) is 4.98 Å². The minimum atomic E-state index is -0.526. The molecule has 0 bridgehead atoms. The Morgan fingerprint density at radius 2 is 2.33 bits per heavy atom. The Morgan fingerprint density at radius 1 is 1.48 bits per heavy atom. The Kier molecular flexibility index (Phi) is 4.10. The van der Waals surface area contributed by atoms with Crippen LogP contribution in [-0.4, -0.2) is 35.0 Å². The Hall–Kier alpha value is -1.63. The zero-order chi connectivity index (χ0) is 14.7. The van der Waals surface area contributed by atoms with E-state index in [-0.39, 0.29) is 0 Å². The van der Waals surface area contributed by atoms with Gasteiger partial charge in [0.25, 0.3) is 0 Å². The van der Waals surface area contributed by atoms with Crippen molar-refractivity contribution in [3.05, 3.63) is 35.1 Å². The molecule has 6 nitrogen and oxygen atoms in total. The maximum absolute atomic E-state index is 6.11. The molecule has 21 heavy (non-hydrogen) atoms. The Bertz CT molecular complexity index is 611. The van der Waals surface area contributed by atoms with Gasteiger partial charge in [-0.05, 0) is 19.1 Å². The SMILES string of the molecule is CCOC1(c2nc(Nc3ccccc3Cl)n[nH]2)CCOC1. The molecular weight excluding hydrogens is 292 g/mol. The molecule has 1 fully saturated rings. The maximum Gasteiger partial charge on any atom is 0.246 e. The van der Waals surface area contributed by atoms with Crippen molar-refractivity contribution in [2.75, 3.05) is 25.1 Å². The molecule has 0 radical (unpaired) electrons. The van der Waals surface area contributed by atoms with Crippen LogP contribution in [0.2, 0.25) is 5.02 Å². The topological polar surface area (TPSA) is 72.1 Å². The van der Waals surface area contributed by atoms with Gasteiger partial charge in [-0.1, -0.05) is 23.7 Å². The summed E-state index contributed by atoms with van der Waals surface area (Å²) in [5.41, 5.74) is 0.236. The van der Waals surface area contributed by atoms with Gasteiger partial charge in [0.1, 0.15) is 0 Å². The highest BCUT2D eigenvalue weighted by Crippen LogP contribution is 2.33. The van der Waals surface area contributed by atoms with Crippen molar-refractivity contribution < 1.29 is 9.47 Å². The highest BCUT2D eigenvalue weighted by atomic mass is 35.5. The number of hydrogen-bond acceptors (Lipinski definition) is 5. The van der Waals surface area contributed by atoms with Crippen LogP contribution in [0.3, 0.4) is 0 Å². The van der Waals surface area contributed by atoms with Gasteiger partial charge >= 0.3 is 0 Å². The first kappa shape index (κ1) is 14.3. The van der Waals surface area contributed by atoms with Gasteiger partial charge in [-0.3, -0.25) is 5.10 Å². The smallest absolute Gasteiger partial charge is 0.246 e. The van der Waals surface area contributed by atoms with Crippen LogP contribution in [0.15, 0.2) is 24.3 Å². The van der Waals surface area contributed by atoms with Crippen molar-refractivity contribution >= 4 is 23.2 Å². The lowest BCUT2D eigenvalue weighted by Crippen LogP contribution is -2.31. The molecule has 1 aromatic carbocycles. The Balaban J connectivity index is 1.81. The fourth-order valence-corrected chi connectivity index (χ4v) is 2.58. The fourth-order valence-electron chi connectivity index (χ4n) is 2.40. The number of hydrogen-bond donors (Lipinski definition) is 2. The number of benzene rings is 1. The summed E-state index contributed by atoms with van der Waals surface area (Å²) >= 11 is 6.11. The molecule has 0 amide bonds. The molecule has 1 aromatic heterocycles. The van der Waals surface area contributed by atoms with Gasteiger partial charge in [0.2, 0.25) is 5.95 Å². The van der Waals surface area contributed by atoms with Crippen molar-refractivity contribution in [2.45, 2.75) is 18.9 Å². The zero-order valence-electron chi connectivity index (χ0n) is 11.7. The molecule has 2 heterocycles. The molecule has 1 atom stereocenters. The van der Waals surface area contributed by atoms with E-state index >= 15 is 0 Å².